The average molecular weight is 511 g/mol. The Hall–Kier alpha value is -1.06. The lowest BCUT2D eigenvalue weighted by Crippen LogP contribution is -2.14. The minimum absolute atomic E-state index is 0.00945. The van der Waals surface area contributed by atoms with Crippen LogP contribution in [0.4, 0.5) is 0 Å². The highest BCUT2D eigenvalue weighted by molar-refractivity contribution is 5.69. The monoisotopic (exact) mass is 510 g/mol. The zero-order valence-corrected chi connectivity index (χ0v) is 24.3. The topological polar surface area (TPSA) is 63.6 Å². The Labute approximate surface area is 224 Å². The number of unbranched alkanes of at least 4 members (excludes halogenated alkanes) is 22. The number of aliphatic carboxylic acids is 1. The Bertz CT molecular complexity index is 477. The van der Waals surface area contributed by atoms with Crippen molar-refractivity contribution in [3.05, 3.63) is 0 Å². The Morgan fingerprint density at radius 2 is 0.861 bits per heavy atom. The predicted octanol–water partition coefficient (Wildman–Crippen LogP) is 10.6. The summed E-state index contributed by atoms with van der Waals surface area (Å²) in [6.07, 6.45) is 32.3. The maximum atomic E-state index is 12.1. The number of carboxylic acid groups (broad SMARTS) is 1. The van der Waals surface area contributed by atoms with Crippen molar-refractivity contribution in [2.24, 2.45) is 0 Å². The molecule has 0 rings (SSSR count). The number of carbonyl (C=O) groups is 2. The van der Waals surface area contributed by atoms with Gasteiger partial charge in [0, 0.05) is 12.8 Å². The second kappa shape index (κ2) is 28.5. The fourth-order valence-electron chi connectivity index (χ4n) is 4.93. The summed E-state index contributed by atoms with van der Waals surface area (Å²) >= 11 is 0. The summed E-state index contributed by atoms with van der Waals surface area (Å²) in [6.45, 7) is 4.31. The van der Waals surface area contributed by atoms with E-state index in [1.807, 2.05) is 6.92 Å². The van der Waals surface area contributed by atoms with E-state index in [0.717, 1.165) is 44.9 Å². The summed E-state index contributed by atoms with van der Waals surface area (Å²) in [5.41, 5.74) is 0. The van der Waals surface area contributed by atoms with E-state index in [4.69, 9.17) is 9.84 Å². The van der Waals surface area contributed by atoms with Gasteiger partial charge in [-0.3, -0.25) is 9.59 Å². The third kappa shape index (κ3) is 29.2. The van der Waals surface area contributed by atoms with E-state index >= 15 is 0 Å². The van der Waals surface area contributed by atoms with Crippen LogP contribution in [-0.4, -0.2) is 23.1 Å². The molecule has 36 heavy (non-hydrogen) atoms. The van der Waals surface area contributed by atoms with Crippen molar-refractivity contribution in [1.29, 1.82) is 0 Å². The maximum Gasteiger partial charge on any atom is 0.306 e. The molecule has 0 aromatic heterocycles. The van der Waals surface area contributed by atoms with Gasteiger partial charge in [-0.1, -0.05) is 142 Å². The van der Waals surface area contributed by atoms with Crippen molar-refractivity contribution < 1.29 is 19.4 Å². The Balaban J connectivity index is 3.29. The van der Waals surface area contributed by atoms with Crippen LogP contribution in [0, 0.1) is 0 Å². The standard InChI is InChI=1S/C32H62O4/c1-3-4-5-6-7-8-9-10-11-12-17-20-23-26-29-32(35)36-30(2)27-24-21-18-15-13-14-16-19-22-25-28-31(33)34/h30H,3-29H2,1-2H3,(H,33,34). The number of carboxylic acids is 1. The van der Waals surface area contributed by atoms with E-state index in [1.54, 1.807) is 0 Å². The first-order valence-electron chi connectivity index (χ1n) is 16.0. The van der Waals surface area contributed by atoms with Crippen LogP contribution < -0.4 is 0 Å². The van der Waals surface area contributed by atoms with Crippen molar-refractivity contribution in [3.63, 3.8) is 0 Å². The SMILES string of the molecule is CCCCCCCCCCCCCCCCC(=O)OC(C)CCCCCCCCCCCCC(=O)O. The van der Waals surface area contributed by atoms with E-state index < -0.39 is 5.97 Å². The van der Waals surface area contributed by atoms with Crippen molar-refractivity contribution in [1.82, 2.24) is 0 Å². The lowest BCUT2D eigenvalue weighted by atomic mass is 10.0. The molecule has 4 nitrogen and oxygen atoms in total. The van der Waals surface area contributed by atoms with Crippen molar-refractivity contribution >= 4 is 11.9 Å². The molecule has 0 saturated carbocycles. The van der Waals surface area contributed by atoms with Gasteiger partial charge in [0.25, 0.3) is 0 Å². The molecule has 0 saturated heterocycles. The minimum Gasteiger partial charge on any atom is -0.481 e. The third-order valence-electron chi connectivity index (χ3n) is 7.32. The molecular formula is C32H62O4. The Kier molecular flexibility index (Phi) is 27.7. The summed E-state index contributed by atoms with van der Waals surface area (Å²) in [5.74, 6) is -0.686. The van der Waals surface area contributed by atoms with E-state index in [-0.39, 0.29) is 12.1 Å². The minimum atomic E-state index is -0.677. The molecule has 0 aromatic carbocycles. The van der Waals surface area contributed by atoms with Gasteiger partial charge in [0.05, 0.1) is 6.10 Å². The van der Waals surface area contributed by atoms with Gasteiger partial charge in [-0.05, 0) is 32.6 Å². The largest absolute Gasteiger partial charge is 0.481 e. The van der Waals surface area contributed by atoms with Gasteiger partial charge in [0.2, 0.25) is 0 Å². The maximum absolute atomic E-state index is 12.1. The summed E-state index contributed by atoms with van der Waals surface area (Å²) in [7, 11) is 0. The molecule has 0 bridgehead atoms. The lowest BCUT2D eigenvalue weighted by molar-refractivity contribution is -0.148. The number of esters is 1. The first-order chi connectivity index (χ1) is 17.6. The number of hydrogen-bond donors (Lipinski definition) is 1. The number of hydrogen-bond acceptors (Lipinski definition) is 3. The van der Waals surface area contributed by atoms with Crippen LogP contribution >= 0.6 is 0 Å². The van der Waals surface area contributed by atoms with Crippen LogP contribution in [0.15, 0.2) is 0 Å². The predicted molar refractivity (Wildman–Crippen MR) is 154 cm³/mol. The van der Waals surface area contributed by atoms with Crippen LogP contribution in [-0.2, 0) is 14.3 Å². The molecule has 0 spiro atoms. The number of carbonyl (C=O) groups excluding carboxylic acids is 1. The van der Waals surface area contributed by atoms with Crippen molar-refractivity contribution in [3.8, 4) is 0 Å². The van der Waals surface area contributed by atoms with E-state index in [2.05, 4.69) is 6.92 Å². The van der Waals surface area contributed by atoms with Gasteiger partial charge in [-0.15, -0.1) is 0 Å². The van der Waals surface area contributed by atoms with Crippen molar-refractivity contribution in [2.45, 2.75) is 193 Å². The number of ether oxygens (including phenoxy) is 1. The summed E-state index contributed by atoms with van der Waals surface area (Å²) < 4.78 is 5.59. The molecule has 4 heteroatoms. The van der Waals surface area contributed by atoms with Gasteiger partial charge in [0.15, 0.2) is 0 Å². The second-order valence-corrected chi connectivity index (χ2v) is 11.1. The second-order valence-electron chi connectivity index (χ2n) is 11.1. The highest BCUT2D eigenvalue weighted by Crippen LogP contribution is 2.15. The highest BCUT2D eigenvalue weighted by atomic mass is 16.5. The van der Waals surface area contributed by atoms with Crippen LogP contribution in [0.1, 0.15) is 187 Å². The molecule has 0 amide bonds. The molecule has 0 aliphatic carbocycles. The van der Waals surface area contributed by atoms with Gasteiger partial charge in [-0.2, -0.15) is 0 Å². The molecule has 0 aromatic rings. The molecule has 1 unspecified atom stereocenters. The third-order valence-corrected chi connectivity index (χ3v) is 7.32. The molecule has 0 fully saturated rings. The van der Waals surface area contributed by atoms with Crippen molar-refractivity contribution in [2.75, 3.05) is 0 Å². The van der Waals surface area contributed by atoms with Crippen LogP contribution in [0.5, 0.6) is 0 Å². The zero-order valence-electron chi connectivity index (χ0n) is 24.3. The molecule has 0 aliphatic heterocycles. The summed E-state index contributed by atoms with van der Waals surface area (Å²) in [6, 6.07) is 0. The molecule has 1 N–H and O–H groups in total. The highest BCUT2D eigenvalue weighted by Gasteiger charge is 2.09. The van der Waals surface area contributed by atoms with Crippen LogP contribution in [0.2, 0.25) is 0 Å². The van der Waals surface area contributed by atoms with Crippen LogP contribution in [0.3, 0.4) is 0 Å². The Morgan fingerprint density at radius 1 is 0.528 bits per heavy atom. The van der Waals surface area contributed by atoms with Gasteiger partial charge in [0.1, 0.15) is 0 Å². The normalized spacial score (nSPS) is 12.1. The smallest absolute Gasteiger partial charge is 0.306 e. The molecule has 0 radical (unpaired) electrons. The lowest BCUT2D eigenvalue weighted by Gasteiger charge is -2.13. The van der Waals surface area contributed by atoms with Gasteiger partial charge >= 0.3 is 11.9 Å². The number of rotatable bonds is 29. The fourth-order valence-corrected chi connectivity index (χ4v) is 4.93. The van der Waals surface area contributed by atoms with E-state index in [1.165, 1.54) is 116 Å². The molecular weight excluding hydrogens is 448 g/mol. The van der Waals surface area contributed by atoms with E-state index in [0.29, 0.717) is 12.8 Å². The quantitative estimate of drug-likeness (QED) is 0.0802. The summed E-state index contributed by atoms with van der Waals surface area (Å²) in [4.78, 5) is 22.5. The molecule has 0 heterocycles. The molecule has 0 aliphatic rings. The Morgan fingerprint density at radius 3 is 1.25 bits per heavy atom. The average Bonchev–Trinajstić information content (AvgIpc) is 2.84. The first kappa shape index (κ1) is 34.9. The first-order valence-corrected chi connectivity index (χ1v) is 16.0. The van der Waals surface area contributed by atoms with Gasteiger partial charge < -0.3 is 9.84 Å². The zero-order chi connectivity index (χ0) is 26.5. The van der Waals surface area contributed by atoms with E-state index in [9.17, 15) is 9.59 Å². The summed E-state index contributed by atoms with van der Waals surface area (Å²) in [5, 5.41) is 8.62. The molecule has 1 atom stereocenters. The fraction of sp³-hybridized carbons (Fsp3) is 0.938. The van der Waals surface area contributed by atoms with Crippen LogP contribution in [0.25, 0.3) is 0 Å². The molecule has 214 valence electrons. The van der Waals surface area contributed by atoms with Gasteiger partial charge in [-0.25, -0.2) is 0 Å².